The molecule has 3 amide bonds. The molecule has 1 heterocycles. The molecule has 1 aromatic carbocycles. The zero-order valence-electron chi connectivity index (χ0n) is 16.0. The summed E-state index contributed by atoms with van der Waals surface area (Å²) in [5.41, 5.74) is 2.92. The highest BCUT2D eigenvalue weighted by Gasteiger charge is 2.15. The number of ether oxygens (including phenoxy) is 1. The van der Waals surface area contributed by atoms with Crippen LogP contribution in [0.15, 0.2) is 36.7 Å². The van der Waals surface area contributed by atoms with Crippen molar-refractivity contribution in [3.05, 3.63) is 47.8 Å². The number of nitrogens with zero attached hydrogens (tertiary/aromatic N) is 2. The number of carbonyl (C=O) groups is 2. The third kappa shape index (κ3) is 5.60. The fourth-order valence-corrected chi connectivity index (χ4v) is 2.41. The topological polar surface area (TPSA) is 95.6 Å². The molecule has 0 atom stereocenters. The van der Waals surface area contributed by atoms with Gasteiger partial charge in [-0.05, 0) is 36.8 Å². The van der Waals surface area contributed by atoms with E-state index < -0.39 is 0 Å². The smallest absolute Gasteiger partial charge is 0.319 e. The minimum atomic E-state index is -0.350. The van der Waals surface area contributed by atoms with Crippen LogP contribution in [0.25, 0.3) is 0 Å². The maximum absolute atomic E-state index is 12.2. The molecule has 3 N–H and O–H groups in total. The average Bonchev–Trinajstić information content (AvgIpc) is 2.65. The number of rotatable bonds is 7. The summed E-state index contributed by atoms with van der Waals surface area (Å²) in [5.74, 6) is 0.254. The Labute approximate surface area is 158 Å². The van der Waals surface area contributed by atoms with E-state index in [1.807, 2.05) is 13.0 Å². The average molecular weight is 371 g/mol. The molecule has 0 saturated heterocycles. The summed E-state index contributed by atoms with van der Waals surface area (Å²) in [6.45, 7) is 2.98. The van der Waals surface area contributed by atoms with Gasteiger partial charge in [0.15, 0.2) is 0 Å². The quantitative estimate of drug-likeness (QED) is 0.649. The standard InChI is InChI=1S/C19H25N5O3/c1-13-12-20-8-7-16(13)21-9-10-22-19(26)23-14-5-6-17(27-4)15(11-14)18(25)24(2)3/h5-8,11-12H,9-10H2,1-4H3,(H,20,21)(H2,22,23,26). The zero-order valence-corrected chi connectivity index (χ0v) is 16.0. The number of benzene rings is 1. The zero-order chi connectivity index (χ0) is 19.8. The Morgan fingerprint density at radius 1 is 1.19 bits per heavy atom. The van der Waals surface area contributed by atoms with Crippen LogP contribution in [0.4, 0.5) is 16.2 Å². The lowest BCUT2D eigenvalue weighted by atomic mass is 10.1. The number of hydrogen-bond acceptors (Lipinski definition) is 5. The Balaban J connectivity index is 1.89. The molecule has 144 valence electrons. The SMILES string of the molecule is COc1ccc(NC(=O)NCCNc2ccncc2C)cc1C(=O)N(C)C. The second-order valence-corrected chi connectivity index (χ2v) is 6.11. The molecule has 8 nitrogen and oxygen atoms in total. The molecule has 0 fully saturated rings. The van der Waals surface area contributed by atoms with Crippen molar-refractivity contribution < 1.29 is 14.3 Å². The van der Waals surface area contributed by atoms with Gasteiger partial charge in [-0.15, -0.1) is 0 Å². The fraction of sp³-hybridized carbons (Fsp3) is 0.316. The number of aryl methyl sites for hydroxylation is 1. The van der Waals surface area contributed by atoms with E-state index in [0.717, 1.165) is 11.3 Å². The van der Waals surface area contributed by atoms with Crippen LogP contribution in [0.3, 0.4) is 0 Å². The highest BCUT2D eigenvalue weighted by Crippen LogP contribution is 2.23. The van der Waals surface area contributed by atoms with Crippen molar-refractivity contribution in [2.45, 2.75) is 6.92 Å². The molecule has 0 radical (unpaired) electrons. The van der Waals surface area contributed by atoms with E-state index in [1.165, 1.54) is 12.0 Å². The number of aromatic nitrogens is 1. The fourth-order valence-electron chi connectivity index (χ4n) is 2.41. The van der Waals surface area contributed by atoms with Crippen LogP contribution in [0.1, 0.15) is 15.9 Å². The summed E-state index contributed by atoms with van der Waals surface area (Å²) in [6, 6.07) is 6.47. The summed E-state index contributed by atoms with van der Waals surface area (Å²) < 4.78 is 5.22. The minimum absolute atomic E-state index is 0.201. The number of nitrogens with one attached hydrogen (secondary N) is 3. The first-order chi connectivity index (χ1) is 12.9. The van der Waals surface area contributed by atoms with Gasteiger partial charge < -0.3 is 25.6 Å². The van der Waals surface area contributed by atoms with Crippen molar-refractivity contribution in [3.63, 3.8) is 0 Å². The summed E-state index contributed by atoms with van der Waals surface area (Å²) in [6.07, 6.45) is 3.49. The number of carbonyl (C=O) groups excluding carboxylic acids is 2. The van der Waals surface area contributed by atoms with Crippen LogP contribution in [-0.2, 0) is 0 Å². The van der Waals surface area contributed by atoms with Gasteiger partial charge in [-0.3, -0.25) is 9.78 Å². The normalized spacial score (nSPS) is 10.1. The Bertz CT molecular complexity index is 808. The van der Waals surface area contributed by atoms with Crippen LogP contribution in [-0.4, -0.2) is 56.1 Å². The van der Waals surface area contributed by atoms with Crippen LogP contribution in [0, 0.1) is 6.92 Å². The first-order valence-electron chi connectivity index (χ1n) is 8.51. The van der Waals surface area contributed by atoms with Crippen LogP contribution < -0.4 is 20.7 Å². The highest BCUT2D eigenvalue weighted by atomic mass is 16.5. The van der Waals surface area contributed by atoms with Gasteiger partial charge in [-0.2, -0.15) is 0 Å². The van der Waals surface area contributed by atoms with Gasteiger partial charge in [0.1, 0.15) is 5.75 Å². The van der Waals surface area contributed by atoms with Gasteiger partial charge in [-0.1, -0.05) is 0 Å². The molecule has 8 heteroatoms. The molecule has 0 unspecified atom stereocenters. The van der Waals surface area contributed by atoms with Crippen molar-refractivity contribution in [2.75, 3.05) is 44.9 Å². The van der Waals surface area contributed by atoms with Crippen LogP contribution in [0.2, 0.25) is 0 Å². The molecular weight excluding hydrogens is 346 g/mol. The monoisotopic (exact) mass is 371 g/mol. The predicted molar refractivity (Wildman–Crippen MR) is 105 cm³/mol. The molecule has 0 aliphatic heterocycles. The van der Waals surface area contributed by atoms with Gasteiger partial charge >= 0.3 is 6.03 Å². The van der Waals surface area contributed by atoms with Gasteiger partial charge in [0, 0.05) is 51.0 Å². The number of methoxy groups -OCH3 is 1. The maximum atomic E-state index is 12.2. The first-order valence-corrected chi connectivity index (χ1v) is 8.51. The number of amides is 3. The molecule has 2 rings (SSSR count). The molecule has 0 saturated carbocycles. The molecule has 0 aliphatic carbocycles. The van der Waals surface area contributed by atoms with Gasteiger partial charge in [0.2, 0.25) is 0 Å². The summed E-state index contributed by atoms with van der Waals surface area (Å²) in [4.78, 5) is 29.8. The van der Waals surface area contributed by atoms with E-state index in [9.17, 15) is 9.59 Å². The van der Waals surface area contributed by atoms with Crippen molar-refractivity contribution >= 4 is 23.3 Å². The molecule has 1 aromatic heterocycles. The Hall–Kier alpha value is -3.29. The van der Waals surface area contributed by atoms with Crippen molar-refractivity contribution in [2.24, 2.45) is 0 Å². The summed E-state index contributed by atoms with van der Waals surface area (Å²) in [7, 11) is 4.82. The Kier molecular flexibility index (Phi) is 6.99. The molecule has 0 aliphatic rings. The Morgan fingerprint density at radius 2 is 1.96 bits per heavy atom. The van der Waals surface area contributed by atoms with Gasteiger partial charge in [-0.25, -0.2) is 4.79 Å². The highest BCUT2D eigenvalue weighted by molar-refractivity contribution is 5.99. The Morgan fingerprint density at radius 3 is 2.63 bits per heavy atom. The van der Waals surface area contributed by atoms with E-state index >= 15 is 0 Å². The number of urea groups is 1. The molecule has 2 aromatic rings. The lowest BCUT2D eigenvalue weighted by Gasteiger charge is -2.15. The minimum Gasteiger partial charge on any atom is -0.496 e. The first kappa shape index (κ1) is 20.0. The van der Waals surface area contributed by atoms with Crippen molar-refractivity contribution in [3.8, 4) is 5.75 Å². The lowest BCUT2D eigenvalue weighted by molar-refractivity contribution is 0.0824. The molecule has 0 spiro atoms. The summed E-state index contributed by atoms with van der Waals surface area (Å²) in [5, 5.41) is 8.72. The van der Waals surface area contributed by atoms with E-state index in [-0.39, 0.29) is 11.9 Å². The van der Waals surface area contributed by atoms with Crippen molar-refractivity contribution in [1.82, 2.24) is 15.2 Å². The van der Waals surface area contributed by atoms with Gasteiger partial charge in [0.25, 0.3) is 5.91 Å². The molecular formula is C19H25N5O3. The van der Waals surface area contributed by atoms with E-state index in [0.29, 0.717) is 30.1 Å². The third-order valence-corrected chi connectivity index (χ3v) is 3.84. The number of anilines is 2. The predicted octanol–water partition coefficient (Wildman–Crippen LogP) is 2.33. The maximum Gasteiger partial charge on any atom is 0.319 e. The molecule has 0 bridgehead atoms. The second-order valence-electron chi connectivity index (χ2n) is 6.11. The van der Waals surface area contributed by atoms with Crippen LogP contribution in [0.5, 0.6) is 5.75 Å². The van der Waals surface area contributed by atoms with Crippen LogP contribution >= 0.6 is 0 Å². The second kappa shape index (κ2) is 9.42. The van der Waals surface area contributed by atoms with E-state index in [1.54, 1.807) is 44.7 Å². The molecule has 27 heavy (non-hydrogen) atoms. The van der Waals surface area contributed by atoms with E-state index in [2.05, 4.69) is 20.9 Å². The number of hydrogen-bond donors (Lipinski definition) is 3. The lowest BCUT2D eigenvalue weighted by Crippen LogP contribution is -2.32. The third-order valence-electron chi connectivity index (χ3n) is 3.84. The largest absolute Gasteiger partial charge is 0.496 e. The van der Waals surface area contributed by atoms with E-state index in [4.69, 9.17) is 4.74 Å². The number of pyridine rings is 1. The van der Waals surface area contributed by atoms with Gasteiger partial charge in [0.05, 0.1) is 12.7 Å². The summed E-state index contributed by atoms with van der Waals surface area (Å²) >= 11 is 0. The van der Waals surface area contributed by atoms with Crippen molar-refractivity contribution in [1.29, 1.82) is 0 Å².